The summed E-state index contributed by atoms with van der Waals surface area (Å²) in [6.45, 7) is -2.99. The summed E-state index contributed by atoms with van der Waals surface area (Å²) in [5, 5.41) is 0. The Labute approximate surface area is 106 Å². The van der Waals surface area contributed by atoms with E-state index in [1.807, 2.05) is 0 Å². The second kappa shape index (κ2) is 6.67. The molecule has 1 aromatic carbocycles. The predicted molar refractivity (Wildman–Crippen MR) is 58.4 cm³/mol. The molecule has 0 aliphatic carbocycles. The van der Waals surface area contributed by atoms with Crippen molar-refractivity contribution in [2.24, 2.45) is 5.84 Å². The highest BCUT2D eigenvalue weighted by Gasteiger charge is 2.28. The number of benzene rings is 1. The minimum absolute atomic E-state index is 0.125. The summed E-state index contributed by atoms with van der Waals surface area (Å²) in [5.41, 5.74) is 2.58. The van der Waals surface area contributed by atoms with Gasteiger partial charge < -0.3 is 4.74 Å². The first-order chi connectivity index (χ1) is 8.81. The molecule has 8 heteroatoms. The number of hydrogen-bond donors (Lipinski definition) is 2. The molecule has 3 N–H and O–H groups in total. The molecule has 0 saturated heterocycles. The fourth-order valence-electron chi connectivity index (χ4n) is 1.56. The van der Waals surface area contributed by atoms with Gasteiger partial charge in [0, 0.05) is 12.5 Å². The Morgan fingerprint density at radius 1 is 1.26 bits per heavy atom. The number of nitrogens with two attached hydrogens (primary N) is 1. The SMILES string of the molecule is NNC(CCC(F)(F)F)c1cccc(OC(F)F)c1. The molecule has 19 heavy (non-hydrogen) atoms. The molecule has 1 unspecified atom stereocenters. The highest BCUT2D eigenvalue weighted by molar-refractivity contribution is 5.30. The number of halogens is 5. The van der Waals surface area contributed by atoms with Crippen molar-refractivity contribution in [2.75, 3.05) is 0 Å². The molecule has 0 bridgehead atoms. The zero-order valence-electron chi connectivity index (χ0n) is 9.75. The van der Waals surface area contributed by atoms with E-state index in [-0.39, 0.29) is 12.2 Å². The first-order valence-corrected chi connectivity index (χ1v) is 5.39. The molecule has 0 aromatic heterocycles. The Hall–Kier alpha value is -1.41. The smallest absolute Gasteiger partial charge is 0.389 e. The van der Waals surface area contributed by atoms with Gasteiger partial charge in [-0.15, -0.1) is 0 Å². The molecule has 1 aromatic rings. The van der Waals surface area contributed by atoms with Gasteiger partial charge in [-0.2, -0.15) is 22.0 Å². The second-order valence-electron chi connectivity index (χ2n) is 3.82. The van der Waals surface area contributed by atoms with Crippen LogP contribution in [0.2, 0.25) is 0 Å². The van der Waals surface area contributed by atoms with Crippen LogP contribution in [0.5, 0.6) is 5.75 Å². The maximum atomic E-state index is 12.1. The van der Waals surface area contributed by atoms with Crippen molar-refractivity contribution in [1.82, 2.24) is 5.43 Å². The molecule has 0 fully saturated rings. The van der Waals surface area contributed by atoms with E-state index in [2.05, 4.69) is 10.2 Å². The minimum Gasteiger partial charge on any atom is -0.435 e. The standard InChI is InChI=1S/C11H13F5N2O/c12-10(13)19-8-3-1-2-7(6-8)9(18-17)4-5-11(14,15)16/h1-3,6,9-10,18H,4-5,17H2. The van der Waals surface area contributed by atoms with Crippen molar-refractivity contribution in [3.05, 3.63) is 29.8 Å². The first kappa shape index (κ1) is 15.6. The molecule has 0 saturated carbocycles. The Morgan fingerprint density at radius 2 is 1.95 bits per heavy atom. The van der Waals surface area contributed by atoms with Crippen LogP contribution in [-0.2, 0) is 0 Å². The summed E-state index contributed by atoms with van der Waals surface area (Å²) < 4.78 is 64.6. The summed E-state index contributed by atoms with van der Waals surface area (Å²) in [7, 11) is 0. The Balaban J connectivity index is 2.75. The largest absolute Gasteiger partial charge is 0.435 e. The molecule has 0 radical (unpaired) electrons. The average molecular weight is 284 g/mol. The molecular weight excluding hydrogens is 271 g/mol. The summed E-state index contributed by atoms with van der Waals surface area (Å²) in [5.74, 6) is 5.05. The zero-order chi connectivity index (χ0) is 14.5. The molecule has 3 nitrogen and oxygen atoms in total. The summed E-state index contributed by atoms with van der Waals surface area (Å²) in [6, 6.07) is 4.62. The Kier molecular flexibility index (Phi) is 5.49. The molecule has 108 valence electrons. The van der Waals surface area contributed by atoms with E-state index in [0.717, 1.165) is 0 Å². The third kappa shape index (κ3) is 5.84. The van der Waals surface area contributed by atoms with Crippen LogP contribution in [-0.4, -0.2) is 12.8 Å². The van der Waals surface area contributed by atoms with Crippen LogP contribution in [0.15, 0.2) is 24.3 Å². The van der Waals surface area contributed by atoms with E-state index in [0.29, 0.717) is 5.56 Å². The third-order valence-corrected chi connectivity index (χ3v) is 2.40. The molecule has 0 amide bonds. The molecular formula is C11H13F5N2O. The van der Waals surface area contributed by atoms with Crippen LogP contribution in [0.4, 0.5) is 22.0 Å². The molecule has 0 aliphatic heterocycles. The van der Waals surface area contributed by atoms with Gasteiger partial charge >= 0.3 is 12.8 Å². The molecule has 0 aliphatic rings. The number of rotatable bonds is 6. The number of ether oxygens (including phenoxy) is 1. The van der Waals surface area contributed by atoms with Crippen molar-refractivity contribution >= 4 is 0 Å². The van der Waals surface area contributed by atoms with Gasteiger partial charge in [-0.05, 0) is 24.1 Å². The van der Waals surface area contributed by atoms with Crippen LogP contribution in [0.3, 0.4) is 0 Å². The van der Waals surface area contributed by atoms with Crippen LogP contribution in [0.25, 0.3) is 0 Å². The van der Waals surface area contributed by atoms with E-state index in [1.165, 1.54) is 24.3 Å². The van der Waals surface area contributed by atoms with E-state index < -0.39 is 25.3 Å². The lowest BCUT2D eigenvalue weighted by Crippen LogP contribution is -2.29. The van der Waals surface area contributed by atoms with E-state index in [1.54, 1.807) is 0 Å². The Bertz CT molecular complexity index is 397. The maximum Gasteiger partial charge on any atom is 0.389 e. The highest BCUT2D eigenvalue weighted by Crippen LogP contribution is 2.28. The van der Waals surface area contributed by atoms with Gasteiger partial charge in [-0.1, -0.05) is 12.1 Å². The lowest BCUT2D eigenvalue weighted by atomic mass is 10.0. The lowest BCUT2D eigenvalue weighted by molar-refractivity contribution is -0.136. The van der Waals surface area contributed by atoms with Gasteiger partial charge in [0.15, 0.2) is 0 Å². The number of alkyl halides is 5. The lowest BCUT2D eigenvalue weighted by Gasteiger charge is -2.18. The van der Waals surface area contributed by atoms with Crippen LogP contribution < -0.4 is 16.0 Å². The fourth-order valence-corrected chi connectivity index (χ4v) is 1.56. The van der Waals surface area contributed by atoms with E-state index in [9.17, 15) is 22.0 Å². The van der Waals surface area contributed by atoms with Gasteiger partial charge in [-0.3, -0.25) is 11.3 Å². The normalized spacial score (nSPS) is 13.6. The van der Waals surface area contributed by atoms with Gasteiger partial charge in [0.1, 0.15) is 5.75 Å². The highest BCUT2D eigenvalue weighted by atomic mass is 19.4. The molecule has 1 rings (SSSR count). The van der Waals surface area contributed by atoms with Crippen molar-refractivity contribution in [3.8, 4) is 5.75 Å². The molecule has 0 heterocycles. The monoisotopic (exact) mass is 284 g/mol. The van der Waals surface area contributed by atoms with Crippen molar-refractivity contribution in [2.45, 2.75) is 31.7 Å². The number of hydrogen-bond acceptors (Lipinski definition) is 3. The van der Waals surface area contributed by atoms with Crippen LogP contribution in [0, 0.1) is 0 Å². The number of hydrazine groups is 1. The average Bonchev–Trinajstić information content (AvgIpc) is 2.28. The summed E-state index contributed by atoms with van der Waals surface area (Å²) in [6.07, 6.45) is -5.62. The van der Waals surface area contributed by atoms with Crippen molar-refractivity contribution < 1.29 is 26.7 Å². The topological polar surface area (TPSA) is 47.3 Å². The molecule has 0 spiro atoms. The van der Waals surface area contributed by atoms with Gasteiger partial charge in [-0.25, -0.2) is 0 Å². The summed E-state index contributed by atoms with van der Waals surface area (Å²) >= 11 is 0. The van der Waals surface area contributed by atoms with E-state index >= 15 is 0 Å². The molecule has 1 atom stereocenters. The summed E-state index contributed by atoms with van der Waals surface area (Å²) in [4.78, 5) is 0. The quantitative estimate of drug-likeness (QED) is 0.479. The first-order valence-electron chi connectivity index (χ1n) is 5.39. The van der Waals surface area contributed by atoms with Gasteiger partial charge in [0.05, 0.1) is 0 Å². The third-order valence-electron chi connectivity index (χ3n) is 2.40. The Morgan fingerprint density at radius 3 is 2.47 bits per heavy atom. The van der Waals surface area contributed by atoms with Crippen molar-refractivity contribution in [1.29, 1.82) is 0 Å². The zero-order valence-corrected chi connectivity index (χ0v) is 9.75. The van der Waals surface area contributed by atoms with Crippen LogP contribution in [0.1, 0.15) is 24.4 Å². The fraction of sp³-hybridized carbons (Fsp3) is 0.455. The van der Waals surface area contributed by atoms with E-state index in [4.69, 9.17) is 5.84 Å². The predicted octanol–water partition coefficient (Wildman–Crippen LogP) is 3.13. The minimum atomic E-state index is -4.30. The second-order valence-corrected chi connectivity index (χ2v) is 3.82. The van der Waals surface area contributed by atoms with Gasteiger partial charge in [0.2, 0.25) is 0 Å². The maximum absolute atomic E-state index is 12.1. The number of nitrogens with one attached hydrogen (secondary N) is 1. The van der Waals surface area contributed by atoms with Gasteiger partial charge in [0.25, 0.3) is 0 Å². The van der Waals surface area contributed by atoms with Crippen LogP contribution >= 0.6 is 0 Å². The van der Waals surface area contributed by atoms with Crippen molar-refractivity contribution in [3.63, 3.8) is 0 Å².